The Hall–Kier alpha value is -2.96. The summed E-state index contributed by atoms with van der Waals surface area (Å²) in [5, 5.41) is 2.45. The summed E-state index contributed by atoms with van der Waals surface area (Å²) in [7, 11) is 0. The first-order valence-electron chi connectivity index (χ1n) is 8.49. The molecule has 0 saturated carbocycles. The molecule has 2 heterocycles. The van der Waals surface area contributed by atoms with E-state index >= 15 is 0 Å². The number of fused-ring (bicyclic) bond motifs is 1. The predicted molar refractivity (Wildman–Crippen MR) is 95.6 cm³/mol. The first-order chi connectivity index (χ1) is 12.5. The number of pyridine rings is 1. The van der Waals surface area contributed by atoms with E-state index in [0.717, 1.165) is 12.8 Å². The van der Waals surface area contributed by atoms with E-state index in [-0.39, 0.29) is 5.69 Å². The summed E-state index contributed by atoms with van der Waals surface area (Å²) in [5.74, 6) is -1.11. The van der Waals surface area contributed by atoms with Crippen LogP contribution in [0.25, 0.3) is 0 Å². The van der Waals surface area contributed by atoms with Crippen LogP contribution in [-0.4, -0.2) is 28.9 Å². The fourth-order valence-corrected chi connectivity index (χ4v) is 2.75. The molecule has 26 heavy (non-hydrogen) atoms. The number of hydrogen-bond acceptors (Lipinski definition) is 4. The van der Waals surface area contributed by atoms with Gasteiger partial charge < -0.3 is 10.1 Å². The van der Waals surface area contributed by atoms with Gasteiger partial charge in [-0.3, -0.25) is 14.5 Å². The lowest BCUT2D eigenvalue weighted by Gasteiger charge is -2.38. The number of carbonyl (C=O) groups excluding carboxylic acids is 2. The minimum atomic E-state index is -1.81. The molecule has 0 radical (unpaired) electrons. The van der Waals surface area contributed by atoms with Crippen LogP contribution < -0.4 is 15.0 Å². The Morgan fingerprint density at radius 3 is 2.81 bits per heavy atom. The molecule has 2 aromatic rings. The number of amides is 2. The number of hydrogen-bond donors (Lipinski definition) is 1. The molecule has 1 aliphatic heterocycles. The highest BCUT2D eigenvalue weighted by Crippen LogP contribution is 2.36. The third-order valence-electron chi connectivity index (χ3n) is 4.26. The van der Waals surface area contributed by atoms with E-state index < -0.39 is 23.2 Å². The molecule has 0 aliphatic carbocycles. The Balaban J connectivity index is 1.94. The van der Waals surface area contributed by atoms with Crippen LogP contribution in [0.3, 0.4) is 0 Å². The number of aromatic nitrogens is 1. The Bertz CT molecular complexity index is 842. The molecule has 7 heteroatoms. The van der Waals surface area contributed by atoms with E-state index in [1.54, 1.807) is 24.4 Å². The van der Waals surface area contributed by atoms with Crippen LogP contribution in [0.4, 0.5) is 15.9 Å². The second-order valence-electron chi connectivity index (χ2n) is 6.20. The van der Waals surface area contributed by atoms with Crippen molar-refractivity contribution in [1.29, 1.82) is 0 Å². The van der Waals surface area contributed by atoms with Crippen LogP contribution in [0.15, 0.2) is 42.6 Å². The van der Waals surface area contributed by atoms with Crippen molar-refractivity contribution in [2.45, 2.75) is 32.3 Å². The van der Waals surface area contributed by atoms with Gasteiger partial charge in [-0.2, -0.15) is 0 Å². The van der Waals surface area contributed by atoms with E-state index in [9.17, 15) is 14.0 Å². The molecule has 1 N–H and O–H groups in total. The van der Waals surface area contributed by atoms with Gasteiger partial charge >= 0.3 is 0 Å². The first kappa shape index (κ1) is 17.8. The van der Waals surface area contributed by atoms with Crippen molar-refractivity contribution < 1.29 is 18.7 Å². The van der Waals surface area contributed by atoms with Crippen molar-refractivity contribution >= 4 is 23.3 Å². The summed E-state index contributed by atoms with van der Waals surface area (Å²) in [6, 6.07) is 9.09. The standard InChI is InChI=1S/C19H20FN3O3/c1-3-4-12-23-16-15(10-7-11-21-16)26-19(2,18(23)25)17(24)22-14-9-6-5-8-13(14)20/h5-11H,3-4,12H2,1-2H3,(H,22,24)/t19-/m0/s1. The Labute approximate surface area is 151 Å². The highest BCUT2D eigenvalue weighted by Gasteiger charge is 2.51. The Morgan fingerprint density at radius 2 is 2.08 bits per heavy atom. The topological polar surface area (TPSA) is 71.5 Å². The number of nitrogens with one attached hydrogen (secondary N) is 1. The molecule has 1 aliphatic rings. The Kier molecular flexibility index (Phi) is 4.88. The van der Waals surface area contributed by atoms with Gasteiger partial charge in [0, 0.05) is 12.7 Å². The normalized spacial score (nSPS) is 18.9. The summed E-state index contributed by atoms with van der Waals surface area (Å²) in [6.45, 7) is 3.82. The zero-order valence-electron chi connectivity index (χ0n) is 14.7. The lowest BCUT2D eigenvalue weighted by molar-refractivity contribution is -0.145. The lowest BCUT2D eigenvalue weighted by atomic mass is 10.0. The molecule has 136 valence electrons. The smallest absolute Gasteiger partial charge is 0.282 e. The molecule has 6 nitrogen and oxygen atoms in total. The largest absolute Gasteiger partial charge is 0.464 e. The van der Waals surface area contributed by atoms with Crippen LogP contribution >= 0.6 is 0 Å². The van der Waals surface area contributed by atoms with E-state index in [1.165, 1.54) is 30.0 Å². The molecular formula is C19H20FN3O3. The maximum atomic E-state index is 13.9. The minimum absolute atomic E-state index is 0.00721. The van der Waals surface area contributed by atoms with Gasteiger partial charge in [-0.15, -0.1) is 0 Å². The van der Waals surface area contributed by atoms with E-state index in [1.807, 2.05) is 6.92 Å². The molecule has 0 saturated heterocycles. The monoisotopic (exact) mass is 357 g/mol. The maximum absolute atomic E-state index is 13.9. The summed E-state index contributed by atoms with van der Waals surface area (Å²) in [4.78, 5) is 31.5. The third-order valence-corrected chi connectivity index (χ3v) is 4.26. The van der Waals surface area contributed by atoms with Crippen LogP contribution in [-0.2, 0) is 9.59 Å². The van der Waals surface area contributed by atoms with Gasteiger partial charge in [-0.05, 0) is 37.6 Å². The molecule has 0 spiro atoms. The van der Waals surface area contributed by atoms with Gasteiger partial charge in [-0.25, -0.2) is 9.37 Å². The molecule has 1 aromatic heterocycles. The number of anilines is 2. The molecule has 1 atom stereocenters. The van der Waals surface area contributed by atoms with Crippen molar-refractivity contribution in [1.82, 2.24) is 4.98 Å². The fourth-order valence-electron chi connectivity index (χ4n) is 2.75. The van der Waals surface area contributed by atoms with Crippen molar-refractivity contribution in [3.63, 3.8) is 0 Å². The fraction of sp³-hybridized carbons (Fsp3) is 0.316. The van der Waals surface area contributed by atoms with Crippen molar-refractivity contribution in [3.8, 4) is 5.75 Å². The number of rotatable bonds is 5. The maximum Gasteiger partial charge on any atom is 0.282 e. The molecule has 2 amide bonds. The summed E-state index contributed by atoms with van der Waals surface area (Å²) in [6.07, 6.45) is 3.20. The number of carbonyl (C=O) groups is 2. The summed E-state index contributed by atoms with van der Waals surface area (Å²) in [5.41, 5.74) is -1.82. The van der Waals surface area contributed by atoms with Crippen LogP contribution in [0.2, 0.25) is 0 Å². The average molecular weight is 357 g/mol. The van der Waals surface area contributed by atoms with Crippen molar-refractivity contribution in [2.24, 2.45) is 0 Å². The van der Waals surface area contributed by atoms with Crippen LogP contribution in [0.1, 0.15) is 26.7 Å². The van der Waals surface area contributed by atoms with Crippen LogP contribution in [0.5, 0.6) is 5.75 Å². The summed E-state index contributed by atoms with van der Waals surface area (Å²) < 4.78 is 19.6. The van der Waals surface area contributed by atoms with Gasteiger partial charge in [-0.1, -0.05) is 25.5 Å². The second-order valence-corrected chi connectivity index (χ2v) is 6.20. The highest BCUT2D eigenvalue weighted by molar-refractivity contribution is 6.19. The number of para-hydroxylation sites is 1. The quantitative estimate of drug-likeness (QED) is 0.835. The molecular weight excluding hydrogens is 337 g/mol. The zero-order chi connectivity index (χ0) is 18.7. The van der Waals surface area contributed by atoms with E-state index in [4.69, 9.17) is 4.74 Å². The number of nitrogens with zero attached hydrogens (tertiary/aromatic N) is 2. The first-order valence-corrected chi connectivity index (χ1v) is 8.49. The van der Waals surface area contributed by atoms with Crippen molar-refractivity contribution in [3.05, 3.63) is 48.4 Å². The SMILES string of the molecule is CCCCN1C(=O)[C@](C)(C(=O)Nc2ccccc2F)Oc2cccnc21. The molecule has 1 aromatic carbocycles. The number of halogens is 1. The summed E-state index contributed by atoms with van der Waals surface area (Å²) >= 11 is 0. The number of unbranched alkanes of at least 4 members (excludes halogenated alkanes) is 1. The van der Waals surface area contributed by atoms with Gasteiger partial charge in [0.05, 0.1) is 5.69 Å². The highest BCUT2D eigenvalue weighted by atomic mass is 19.1. The molecule has 0 bridgehead atoms. The second kappa shape index (κ2) is 7.11. The molecule has 0 fully saturated rings. The van der Waals surface area contributed by atoms with Crippen LogP contribution in [0, 0.1) is 5.82 Å². The molecule has 0 unspecified atom stereocenters. The van der Waals surface area contributed by atoms with Gasteiger partial charge in [0.25, 0.3) is 17.4 Å². The third kappa shape index (κ3) is 3.12. The number of ether oxygens (including phenoxy) is 1. The number of benzene rings is 1. The zero-order valence-corrected chi connectivity index (χ0v) is 14.7. The minimum Gasteiger partial charge on any atom is -0.464 e. The van der Waals surface area contributed by atoms with E-state index in [0.29, 0.717) is 18.1 Å². The van der Waals surface area contributed by atoms with Gasteiger partial charge in [0.1, 0.15) is 5.82 Å². The predicted octanol–water partition coefficient (Wildman–Crippen LogP) is 3.14. The van der Waals surface area contributed by atoms with Crippen molar-refractivity contribution in [2.75, 3.05) is 16.8 Å². The lowest BCUT2D eigenvalue weighted by Crippen LogP contribution is -2.61. The van der Waals surface area contributed by atoms with E-state index in [2.05, 4.69) is 10.3 Å². The van der Waals surface area contributed by atoms with Gasteiger partial charge in [0.15, 0.2) is 11.6 Å². The Morgan fingerprint density at radius 1 is 1.31 bits per heavy atom. The average Bonchev–Trinajstić information content (AvgIpc) is 2.64. The van der Waals surface area contributed by atoms with Gasteiger partial charge in [0.2, 0.25) is 0 Å². The molecule has 3 rings (SSSR count).